The van der Waals surface area contributed by atoms with Gasteiger partial charge in [-0.2, -0.15) is 0 Å². The van der Waals surface area contributed by atoms with E-state index < -0.39 is 0 Å². The van der Waals surface area contributed by atoms with Crippen molar-refractivity contribution in [3.8, 4) is 5.75 Å². The fourth-order valence-corrected chi connectivity index (χ4v) is 2.36. The molecular weight excluding hydrogens is 254 g/mol. The third-order valence-electron chi connectivity index (χ3n) is 3.74. The number of benzene rings is 1. The lowest BCUT2D eigenvalue weighted by atomic mass is 10.2. The third kappa shape index (κ3) is 3.87. The van der Waals surface area contributed by atoms with E-state index in [1.807, 2.05) is 7.05 Å². The number of amides is 1. The number of rotatable bonds is 6. The summed E-state index contributed by atoms with van der Waals surface area (Å²) in [5.41, 5.74) is 6.95. The molecule has 3 N–H and O–H groups in total. The van der Waals surface area contributed by atoms with Crippen LogP contribution in [0, 0.1) is 11.8 Å². The minimum Gasteiger partial charge on any atom is -0.494 e. The second-order valence-corrected chi connectivity index (χ2v) is 5.68. The second kappa shape index (κ2) is 6.13. The van der Waals surface area contributed by atoms with Crippen LogP contribution in [-0.4, -0.2) is 38.1 Å². The fourth-order valence-electron chi connectivity index (χ4n) is 2.36. The second-order valence-electron chi connectivity index (χ2n) is 5.68. The Labute approximate surface area is 120 Å². The van der Waals surface area contributed by atoms with Gasteiger partial charge in [-0.05, 0) is 37.4 Å². The zero-order valence-corrected chi connectivity index (χ0v) is 12.3. The van der Waals surface area contributed by atoms with Crippen molar-refractivity contribution in [1.29, 1.82) is 0 Å². The molecule has 2 unspecified atom stereocenters. The molecule has 0 heterocycles. The van der Waals surface area contributed by atoms with Crippen LogP contribution < -0.4 is 15.8 Å². The lowest BCUT2D eigenvalue weighted by molar-refractivity contribution is -0.117. The van der Waals surface area contributed by atoms with E-state index in [2.05, 4.69) is 17.1 Å². The highest BCUT2D eigenvalue weighted by Crippen LogP contribution is 2.37. The first-order valence-corrected chi connectivity index (χ1v) is 6.91. The number of anilines is 2. The molecule has 2 rings (SSSR count). The number of nitrogens with zero attached hydrogens (tertiary/aromatic N) is 1. The Balaban J connectivity index is 1.87. The van der Waals surface area contributed by atoms with Crippen LogP contribution in [0.1, 0.15) is 13.3 Å². The third-order valence-corrected chi connectivity index (χ3v) is 3.74. The van der Waals surface area contributed by atoms with Gasteiger partial charge in [0.15, 0.2) is 0 Å². The van der Waals surface area contributed by atoms with Crippen molar-refractivity contribution in [3.63, 3.8) is 0 Å². The highest BCUT2D eigenvalue weighted by Gasteiger charge is 2.33. The summed E-state index contributed by atoms with van der Waals surface area (Å²) < 4.78 is 5.21. The zero-order chi connectivity index (χ0) is 14.7. The predicted octanol–water partition coefficient (Wildman–Crippen LogP) is 1.80. The molecule has 1 saturated carbocycles. The van der Waals surface area contributed by atoms with Crippen LogP contribution >= 0.6 is 0 Å². The molecule has 0 saturated heterocycles. The molecule has 1 amide bonds. The minimum atomic E-state index is -0.0381. The van der Waals surface area contributed by atoms with E-state index in [1.54, 1.807) is 25.3 Å². The van der Waals surface area contributed by atoms with Gasteiger partial charge >= 0.3 is 0 Å². The van der Waals surface area contributed by atoms with Gasteiger partial charge in [0.25, 0.3) is 0 Å². The minimum absolute atomic E-state index is 0.0381. The van der Waals surface area contributed by atoms with Crippen LogP contribution in [0.15, 0.2) is 18.2 Å². The Morgan fingerprint density at radius 2 is 2.25 bits per heavy atom. The number of nitrogens with two attached hydrogens (primary N) is 1. The van der Waals surface area contributed by atoms with Gasteiger partial charge in [0, 0.05) is 18.3 Å². The molecule has 5 heteroatoms. The van der Waals surface area contributed by atoms with Crippen molar-refractivity contribution >= 4 is 17.3 Å². The van der Waals surface area contributed by atoms with Crippen LogP contribution in [0.2, 0.25) is 0 Å². The Bertz CT molecular complexity index is 490. The normalized spacial score (nSPS) is 20.8. The molecule has 0 radical (unpaired) electrons. The van der Waals surface area contributed by atoms with E-state index >= 15 is 0 Å². The van der Waals surface area contributed by atoms with Gasteiger partial charge in [0.2, 0.25) is 5.91 Å². The Morgan fingerprint density at radius 3 is 2.85 bits per heavy atom. The van der Waals surface area contributed by atoms with Crippen LogP contribution in [0.25, 0.3) is 0 Å². The molecule has 5 nitrogen and oxygen atoms in total. The smallest absolute Gasteiger partial charge is 0.238 e. The van der Waals surface area contributed by atoms with E-state index in [0.717, 1.165) is 18.4 Å². The van der Waals surface area contributed by atoms with Gasteiger partial charge in [-0.1, -0.05) is 6.92 Å². The molecule has 20 heavy (non-hydrogen) atoms. The quantitative estimate of drug-likeness (QED) is 0.778. The summed E-state index contributed by atoms with van der Waals surface area (Å²) >= 11 is 0. The monoisotopic (exact) mass is 277 g/mol. The predicted molar refractivity (Wildman–Crippen MR) is 80.8 cm³/mol. The van der Waals surface area contributed by atoms with Crippen molar-refractivity contribution in [1.82, 2.24) is 4.90 Å². The highest BCUT2D eigenvalue weighted by atomic mass is 16.5. The molecule has 1 fully saturated rings. The molecule has 2 atom stereocenters. The summed E-state index contributed by atoms with van der Waals surface area (Å²) in [5.74, 6) is 2.09. The van der Waals surface area contributed by atoms with Crippen molar-refractivity contribution in [2.24, 2.45) is 11.8 Å². The van der Waals surface area contributed by atoms with Gasteiger partial charge in [-0.3, -0.25) is 9.69 Å². The summed E-state index contributed by atoms with van der Waals surface area (Å²) in [4.78, 5) is 14.1. The number of hydrogen-bond donors (Lipinski definition) is 2. The number of carbonyl (C=O) groups excluding carboxylic acids is 1. The maximum absolute atomic E-state index is 12.0. The SMILES string of the molecule is COc1cc(N)ccc1NC(=O)CN(C)CC1CC1C. The van der Waals surface area contributed by atoms with Crippen molar-refractivity contribution in [3.05, 3.63) is 18.2 Å². The highest BCUT2D eigenvalue weighted by molar-refractivity contribution is 5.94. The van der Waals surface area contributed by atoms with Crippen molar-refractivity contribution < 1.29 is 9.53 Å². The van der Waals surface area contributed by atoms with Crippen LogP contribution in [-0.2, 0) is 4.79 Å². The summed E-state index contributed by atoms with van der Waals surface area (Å²) in [7, 11) is 3.54. The van der Waals surface area contributed by atoms with E-state index in [-0.39, 0.29) is 5.91 Å². The molecule has 0 aromatic heterocycles. The zero-order valence-electron chi connectivity index (χ0n) is 12.3. The number of likely N-dealkylation sites (N-methyl/N-ethyl adjacent to an activating group) is 1. The number of carbonyl (C=O) groups is 1. The van der Waals surface area contributed by atoms with Crippen LogP contribution in [0.5, 0.6) is 5.75 Å². The molecule has 1 aliphatic carbocycles. The lowest BCUT2D eigenvalue weighted by Gasteiger charge is -2.17. The molecular formula is C15H23N3O2. The molecule has 1 aromatic rings. The van der Waals surface area contributed by atoms with E-state index in [9.17, 15) is 4.79 Å². The first-order valence-electron chi connectivity index (χ1n) is 6.91. The fraction of sp³-hybridized carbons (Fsp3) is 0.533. The molecule has 1 aromatic carbocycles. The van der Waals surface area contributed by atoms with Crippen LogP contribution in [0.4, 0.5) is 11.4 Å². The summed E-state index contributed by atoms with van der Waals surface area (Å²) in [6, 6.07) is 5.20. The first kappa shape index (κ1) is 14.7. The Hall–Kier alpha value is -1.75. The Kier molecular flexibility index (Phi) is 4.49. The van der Waals surface area contributed by atoms with Crippen molar-refractivity contribution in [2.75, 3.05) is 38.3 Å². The maximum atomic E-state index is 12.0. The molecule has 1 aliphatic rings. The Morgan fingerprint density at radius 1 is 1.55 bits per heavy atom. The van der Waals surface area contributed by atoms with Crippen LogP contribution in [0.3, 0.4) is 0 Å². The first-order chi connectivity index (χ1) is 9.49. The summed E-state index contributed by atoms with van der Waals surface area (Å²) in [6.07, 6.45) is 1.28. The van der Waals surface area contributed by atoms with Gasteiger partial charge < -0.3 is 15.8 Å². The average molecular weight is 277 g/mol. The van der Waals surface area contributed by atoms with E-state index in [4.69, 9.17) is 10.5 Å². The lowest BCUT2D eigenvalue weighted by Crippen LogP contribution is -2.31. The standard InChI is InChI=1S/C15H23N3O2/c1-10-6-11(10)8-18(2)9-15(19)17-13-5-4-12(16)7-14(13)20-3/h4-5,7,10-11H,6,8-9,16H2,1-3H3,(H,17,19). The number of methoxy groups -OCH3 is 1. The van der Waals surface area contributed by atoms with E-state index in [1.165, 1.54) is 6.42 Å². The van der Waals surface area contributed by atoms with Gasteiger partial charge in [0.05, 0.1) is 19.3 Å². The number of nitrogen functional groups attached to an aromatic ring is 1. The molecule has 0 spiro atoms. The van der Waals surface area contributed by atoms with Gasteiger partial charge in [-0.25, -0.2) is 0 Å². The van der Waals surface area contributed by atoms with Gasteiger partial charge in [0.1, 0.15) is 5.75 Å². The maximum Gasteiger partial charge on any atom is 0.238 e. The molecule has 0 bridgehead atoms. The number of ether oxygens (including phenoxy) is 1. The number of hydrogen-bond acceptors (Lipinski definition) is 4. The topological polar surface area (TPSA) is 67.6 Å². The summed E-state index contributed by atoms with van der Waals surface area (Å²) in [6.45, 7) is 3.61. The molecule has 0 aliphatic heterocycles. The van der Waals surface area contributed by atoms with E-state index in [0.29, 0.717) is 23.7 Å². The largest absolute Gasteiger partial charge is 0.494 e. The molecule has 110 valence electrons. The van der Waals surface area contributed by atoms with Gasteiger partial charge in [-0.15, -0.1) is 0 Å². The van der Waals surface area contributed by atoms with Crippen molar-refractivity contribution in [2.45, 2.75) is 13.3 Å². The average Bonchev–Trinajstić information content (AvgIpc) is 3.06. The number of nitrogens with one attached hydrogen (secondary N) is 1. The summed E-state index contributed by atoms with van der Waals surface area (Å²) in [5, 5.41) is 2.86.